The minimum absolute atomic E-state index is 0.0224. The van der Waals surface area contributed by atoms with Crippen LogP contribution in [0.4, 0.5) is 50.0 Å². The first-order chi connectivity index (χ1) is 16.4. The van der Waals surface area contributed by atoms with Crippen molar-refractivity contribution in [1.82, 2.24) is 10.6 Å². The van der Waals surface area contributed by atoms with Crippen molar-refractivity contribution in [2.45, 2.75) is 37.6 Å². The fraction of sp³-hybridized carbons (Fsp3) is 0.381. The SMILES string of the molecule is CCNC(=O)NCc1ccc(NC[C@](O)(c2cc(C(F)(F)F)cc(C(F)(F)F)c2)C(F)(F)F)cc1Cl. The van der Waals surface area contributed by atoms with Crippen LogP contribution in [0.15, 0.2) is 36.4 Å². The second-order valence-electron chi connectivity index (χ2n) is 7.53. The van der Waals surface area contributed by atoms with Gasteiger partial charge in [0.1, 0.15) is 0 Å². The van der Waals surface area contributed by atoms with Gasteiger partial charge in [-0.3, -0.25) is 0 Å². The Kier molecular flexibility index (Phi) is 8.67. The van der Waals surface area contributed by atoms with Crippen LogP contribution in [0.2, 0.25) is 5.02 Å². The Labute approximate surface area is 203 Å². The number of alkyl halides is 9. The third kappa shape index (κ3) is 7.09. The van der Waals surface area contributed by atoms with Crippen LogP contribution in [-0.2, 0) is 24.5 Å². The normalized spacial score (nSPS) is 14.2. The Hall–Kier alpha value is -2.87. The summed E-state index contributed by atoms with van der Waals surface area (Å²) in [6.45, 7) is 0.434. The quantitative estimate of drug-likeness (QED) is 0.316. The Morgan fingerprint density at radius 1 is 0.861 bits per heavy atom. The molecule has 2 aromatic rings. The van der Waals surface area contributed by atoms with Gasteiger partial charge in [0, 0.05) is 23.8 Å². The lowest BCUT2D eigenvalue weighted by atomic mass is 9.89. The van der Waals surface area contributed by atoms with Crippen molar-refractivity contribution >= 4 is 23.3 Å². The maximum absolute atomic E-state index is 13.8. The van der Waals surface area contributed by atoms with Crippen LogP contribution in [0.5, 0.6) is 0 Å². The maximum Gasteiger partial charge on any atom is 0.423 e. The van der Waals surface area contributed by atoms with Crippen molar-refractivity contribution in [3.05, 3.63) is 63.7 Å². The Morgan fingerprint density at radius 3 is 1.83 bits per heavy atom. The summed E-state index contributed by atoms with van der Waals surface area (Å²) >= 11 is 6.04. The summed E-state index contributed by atoms with van der Waals surface area (Å²) in [4.78, 5) is 11.5. The summed E-state index contributed by atoms with van der Waals surface area (Å²) in [7, 11) is 0. The molecule has 200 valence electrons. The van der Waals surface area contributed by atoms with E-state index in [4.69, 9.17) is 11.6 Å². The number of urea groups is 1. The van der Waals surface area contributed by atoms with Gasteiger partial charge in [0.05, 0.1) is 17.7 Å². The standard InChI is InChI=1S/C21H19ClF9N3O2/c1-2-32-17(35)33-9-11-3-4-15(8-16(11)22)34-10-18(36,21(29,30)31)12-5-13(19(23,24)25)7-14(6-12)20(26,27)28/h3-8,34,36H,2,9-10H2,1H3,(H2,32,33,35)/t18-/m0/s1. The number of rotatable bonds is 7. The summed E-state index contributed by atoms with van der Waals surface area (Å²) in [6, 6.07) is 2.40. The number of aliphatic hydroxyl groups is 1. The lowest BCUT2D eigenvalue weighted by Crippen LogP contribution is -2.48. The zero-order chi connectivity index (χ0) is 27.5. The fourth-order valence-corrected chi connectivity index (χ4v) is 3.24. The van der Waals surface area contributed by atoms with Gasteiger partial charge in [-0.15, -0.1) is 0 Å². The van der Waals surface area contributed by atoms with Gasteiger partial charge in [0.25, 0.3) is 0 Å². The summed E-state index contributed by atoms with van der Waals surface area (Å²) in [5.41, 5.74) is -9.60. The van der Waals surface area contributed by atoms with Crippen molar-refractivity contribution in [3.63, 3.8) is 0 Å². The van der Waals surface area contributed by atoms with Gasteiger partial charge in [-0.05, 0) is 48.4 Å². The molecule has 2 rings (SSSR count). The van der Waals surface area contributed by atoms with Crippen LogP contribution < -0.4 is 16.0 Å². The number of hydrogen-bond acceptors (Lipinski definition) is 3. The van der Waals surface area contributed by atoms with Crippen molar-refractivity contribution in [2.75, 3.05) is 18.4 Å². The molecule has 0 unspecified atom stereocenters. The highest BCUT2D eigenvalue weighted by atomic mass is 35.5. The molecular formula is C21H19ClF9N3O2. The van der Waals surface area contributed by atoms with Gasteiger partial charge in [-0.2, -0.15) is 39.5 Å². The van der Waals surface area contributed by atoms with Gasteiger partial charge in [-0.25, -0.2) is 4.79 Å². The molecule has 0 saturated heterocycles. The van der Waals surface area contributed by atoms with Crippen LogP contribution in [-0.4, -0.2) is 30.4 Å². The molecule has 36 heavy (non-hydrogen) atoms. The second-order valence-corrected chi connectivity index (χ2v) is 7.93. The molecule has 1 atom stereocenters. The second kappa shape index (κ2) is 10.6. The van der Waals surface area contributed by atoms with Crippen molar-refractivity contribution in [2.24, 2.45) is 0 Å². The molecule has 0 aromatic heterocycles. The lowest BCUT2D eigenvalue weighted by molar-refractivity contribution is -0.261. The van der Waals surface area contributed by atoms with Crippen molar-refractivity contribution in [1.29, 1.82) is 0 Å². The van der Waals surface area contributed by atoms with Gasteiger partial charge in [0.15, 0.2) is 0 Å². The predicted octanol–water partition coefficient (Wildman–Crippen LogP) is 6.06. The predicted molar refractivity (Wildman–Crippen MR) is 112 cm³/mol. The molecule has 0 aliphatic carbocycles. The number of carbonyl (C=O) groups is 1. The first-order valence-electron chi connectivity index (χ1n) is 10.0. The number of halogens is 10. The molecule has 15 heteroatoms. The fourth-order valence-electron chi connectivity index (χ4n) is 2.99. The number of hydrogen-bond donors (Lipinski definition) is 4. The molecule has 0 aliphatic rings. The van der Waals surface area contributed by atoms with E-state index in [0.717, 1.165) is 6.07 Å². The van der Waals surface area contributed by atoms with Gasteiger partial charge < -0.3 is 21.1 Å². The Morgan fingerprint density at radius 2 is 1.39 bits per heavy atom. The zero-order valence-corrected chi connectivity index (χ0v) is 19.0. The Balaban J connectivity index is 2.39. The highest BCUT2D eigenvalue weighted by molar-refractivity contribution is 6.31. The molecule has 0 spiro atoms. The highest BCUT2D eigenvalue weighted by Gasteiger charge is 2.56. The van der Waals surface area contributed by atoms with Gasteiger partial charge >= 0.3 is 24.6 Å². The van der Waals surface area contributed by atoms with E-state index in [2.05, 4.69) is 16.0 Å². The monoisotopic (exact) mass is 551 g/mol. The van der Waals surface area contributed by atoms with E-state index in [1.54, 1.807) is 6.92 Å². The van der Waals surface area contributed by atoms with Crippen LogP contribution in [0, 0.1) is 0 Å². The summed E-state index contributed by atoms with van der Waals surface area (Å²) in [5, 5.41) is 17.4. The maximum atomic E-state index is 13.8. The minimum atomic E-state index is -5.67. The molecule has 0 saturated carbocycles. The summed E-state index contributed by atoms with van der Waals surface area (Å²) in [5.74, 6) is 0. The molecule has 0 aliphatic heterocycles. The van der Waals surface area contributed by atoms with E-state index in [1.165, 1.54) is 12.1 Å². The largest absolute Gasteiger partial charge is 0.423 e. The van der Waals surface area contributed by atoms with E-state index >= 15 is 0 Å². The number of anilines is 1. The molecule has 2 amide bonds. The number of carbonyl (C=O) groups excluding carboxylic acids is 1. The number of benzene rings is 2. The molecule has 5 nitrogen and oxygen atoms in total. The molecule has 0 bridgehead atoms. The van der Waals surface area contributed by atoms with E-state index in [1.807, 2.05) is 0 Å². The van der Waals surface area contributed by atoms with Crippen LogP contribution in [0.25, 0.3) is 0 Å². The van der Waals surface area contributed by atoms with Gasteiger partial charge in [0.2, 0.25) is 5.60 Å². The average molecular weight is 552 g/mol. The summed E-state index contributed by atoms with van der Waals surface area (Å²) in [6.07, 6.45) is -16.5. The zero-order valence-electron chi connectivity index (χ0n) is 18.2. The highest BCUT2D eigenvalue weighted by Crippen LogP contribution is 2.44. The summed E-state index contributed by atoms with van der Waals surface area (Å²) < 4.78 is 120. The molecule has 0 heterocycles. The van der Waals surface area contributed by atoms with E-state index in [9.17, 15) is 49.4 Å². The van der Waals surface area contributed by atoms with Crippen molar-refractivity contribution < 1.29 is 49.4 Å². The Bertz CT molecular complexity index is 1060. The molecule has 2 aromatic carbocycles. The smallest absolute Gasteiger partial charge is 0.381 e. The van der Waals surface area contributed by atoms with E-state index < -0.39 is 53.4 Å². The minimum Gasteiger partial charge on any atom is -0.381 e. The molecular weight excluding hydrogens is 533 g/mol. The molecule has 0 radical (unpaired) electrons. The average Bonchev–Trinajstić information content (AvgIpc) is 2.74. The third-order valence-corrected chi connectivity index (χ3v) is 5.26. The lowest BCUT2D eigenvalue weighted by Gasteiger charge is -2.32. The topological polar surface area (TPSA) is 73.4 Å². The molecule has 4 N–H and O–H groups in total. The van der Waals surface area contributed by atoms with Crippen LogP contribution >= 0.6 is 11.6 Å². The number of nitrogens with one attached hydrogen (secondary N) is 3. The van der Waals surface area contributed by atoms with Crippen molar-refractivity contribution in [3.8, 4) is 0 Å². The van der Waals surface area contributed by atoms with E-state index in [0.29, 0.717) is 12.1 Å². The molecule has 0 fully saturated rings. The first kappa shape index (κ1) is 29.4. The first-order valence-corrected chi connectivity index (χ1v) is 10.4. The number of amides is 2. The van der Waals surface area contributed by atoms with Crippen LogP contribution in [0.3, 0.4) is 0 Å². The third-order valence-electron chi connectivity index (χ3n) is 4.91. The van der Waals surface area contributed by atoms with Crippen LogP contribution in [0.1, 0.15) is 29.2 Å². The van der Waals surface area contributed by atoms with Gasteiger partial charge in [-0.1, -0.05) is 17.7 Å². The van der Waals surface area contributed by atoms with E-state index in [-0.39, 0.29) is 35.5 Å².